The highest BCUT2D eigenvalue weighted by molar-refractivity contribution is 7.47. The van der Waals surface area contributed by atoms with Crippen molar-refractivity contribution in [3.8, 4) is 0 Å². The Morgan fingerprint density at radius 2 is 0.842 bits per heavy atom. The van der Waals surface area contributed by atoms with E-state index >= 15 is 0 Å². The predicted molar refractivity (Wildman–Crippen MR) is 245 cm³/mol. The fourth-order valence-corrected chi connectivity index (χ4v) is 8.37. The Hall–Kier alpha value is -0.500. The maximum atomic E-state index is 12.7. The van der Waals surface area contributed by atoms with E-state index in [4.69, 9.17) is 9.05 Å². The van der Waals surface area contributed by atoms with Crippen molar-refractivity contribution in [3.63, 3.8) is 0 Å². The zero-order valence-electron chi connectivity index (χ0n) is 38.9. The number of rotatable bonds is 46. The SMILES string of the molecule is CCCCCCCCCCCCCCCCCCCCCCCCCCCCCCCCC(O)C(COP(=O)(O)OCC[N+](C)(C)C)NC(=O)CCCCCCC. The first-order chi connectivity index (χ1) is 27.5. The molecule has 0 spiro atoms. The van der Waals surface area contributed by atoms with Gasteiger partial charge in [-0.05, 0) is 12.8 Å². The van der Waals surface area contributed by atoms with Crippen molar-refractivity contribution in [3.05, 3.63) is 0 Å². The number of quaternary nitrogens is 1. The summed E-state index contributed by atoms with van der Waals surface area (Å²) < 4.78 is 23.5. The van der Waals surface area contributed by atoms with Crippen LogP contribution >= 0.6 is 7.82 Å². The third-order valence-corrected chi connectivity index (χ3v) is 12.6. The number of nitrogens with one attached hydrogen (secondary N) is 1. The lowest BCUT2D eigenvalue weighted by Gasteiger charge is -2.26. The Balaban J connectivity index is 3.83. The van der Waals surface area contributed by atoms with Crippen LogP contribution in [-0.4, -0.2) is 73.4 Å². The Morgan fingerprint density at radius 3 is 1.18 bits per heavy atom. The van der Waals surface area contributed by atoms with Gasteiger partial charge in [-0.15, -0.1) is 0 Å². The average Bonchev–Trinajstić information content (AvgIpc) is 3.16. The van der Waals surface area contributed by atoms with Crippen molar-refractivity contribution < 1.29 is 32.9 Å². The Bertz CT molecular complexity index is 901. The highest BCUT2D eigenvalue weighted by atomic mass is 31.2. The van der Waals surface area contributed by atoms with Crippen LogP contribution < -0.4 is 5.32 Å². The lowest BCUT2D eigenvalue weighted by atomic mass is 10.0. The lowest BCUT2D eigenvalue weighted by molar-refractivity contribution is -0.870. The minimum atomic E-state index is -4.30. The predicted octanol–water partition coefficient (Wildman–Crippen LogP) is 14.1. The Morgan fingerprint density at radius 1 is 0.526 bits per heavy atom. The third kappa shape index (κ3) is 43.4. The normalized spacial score (nSPS) is 14.2. The average molecular weight is 832 g/mol. The largest absolute Gasteiger partial charge is 0.472 e. The highest BCUT2D eigenvalue weighted by Gasteiger charge is 2.28. The summed E-state index contributed by atoms with van der Waals surface area (Å²) in [4.78, 5) is 22.9. The fraction of sp³-hybridized carbons (Fsp3) is 0.979. The molecular formula is C48H100N2O6P+. The number of carbonyl (C=O) groups is 1. The summed E-state index contributed by atoms with van der Waals surface area (Å²) in [6.07, 6.45) is 46.4. The van der Waals surface area contributed by atoms with Crippen molar-refractivity contribution in [1.82, 2.24) is 5.32 Å². The van der Waals surface area contributed by atoms with Crippen LogP contribution in [0.1, 0.15) is 251 Å². The molecule has 0 aromatic carbocycles. The van der Waals surface area contributed by atoms with Gasteiger partial charge in [0.05, 0.1) is 39.9 Å². The zero-order chi connectivity index (χ0) is 42.1. The van der Waals surface area contributed by atoms with Crippen LogP contribution in [0.15, 0.2) is 0 Å². The molecule has 1 amide bonds. The first-order valence-electron chi connectivity index (χ1n) is 24.9. The molecule has 342 valence electrons. The molecule has 0 fully saturated rings. The summed E-state index contributed by atoms with van der Waals surface area (Å²) >= 11 is 0. The molecule has 57 heavy (non-hydrogen) atoms. The second-order valence-electron chi connectivity index (χ2n) is 18.6. The molecular weight excluding hydrogens is 732 g/mol. The Kier molecular flexibility index (Phi) is 40.5. The molecule has 0 aromatic rings. The van der Waals surface area contributed by atoms with Gasteiger partial charge in [0.25, 0.3) is 0 Å². The molecule has 0 aliphatic carbocycles. The topological polar surface area (TPSA) is 105 Å². The van der Waals surface area contributed by atoms with Crippen molar-refractivity contribution in [1.29, 1.82) is 0 Å². The molecule has 0 aliphatic heterocycles. The van der Waals surface area contributed by atoms with Crippen LogP contribution in [0.4, 0.5) is 0 Å². The molecule has 3 unspecified atom stereocenters. The molecule has 0 bridgehead atoms. The molecule has 0 saturated heterocycles. The number of phosphoric ester groups is 1. The maximum Gasteiger partial charge on any atom is 0.472 e. The fourth-order valence-electron chi connectivity index (χ4n) is 7.64. The van der Waals surface area contributed by atoms with Gasteiger partial charge in [-0.3, -0.25) is 13.8 Å². The molecule has 9 heteroatoms. The lowest BCUT2D eigenvalue weighted by Crippen LogP contribution is -2.46. The van der Waals surface area contributed by atoms with Crippen LogP contribution in [0.3, 0.4) is 0 Å². The van der Waals surface area contributed by atoms with Crippen LogP contribution in [0, 0.1) is 0 Å². The first-order valence-corrected chi connectivity index (χ1v) is 26.4. The number of unbranched alkanes of at least 4 members (excludes halogenated alkanes) is 33. The minimum absolute atomic E-state index is 0.0777. The number of aliphatic hydroxyl groups excluding tert-OH is 1. The van der Waals surface area contributed by atoms with Gasteiger partial charge in [-0.2, -0.15) is 0 Å². The summed E-state index contributed by atoms with van der Waals surface area (Å²) in [6.45, 7) is 4.82. The second kappa shape index (κ2) is 40.9. The number of aliphatic hydroxyl groups is 1. The van der Waals surface area contributed by atoms with Gasteiger partial charge in [0.2, 0.25) is 5.91 Å². The number of likely N-dealkylation sites (N-methyl/N-ethyl adjacent to an activating group) is 1. The van der Waals surface area contributed by atoms with Crippen molar-refractivity contribution in [2.24, 2.45) is 0 Å². The molecule has 8 nitrogen and oxygen atoms in total. The second-order valence-corrected chi connectivity index (χ2v) is 20.0. The van der Waals surface area contributed by atoms with E-state index in [1.807, 2.05) is 21.1 Å². The van der Waals surface area contributed by atoms with E-state index in [0.29, 0.717) is 23.9 Å². The maximum absolute atomic E-state index is 12.7. The quantitative estimate of drug-likeness (QED) is 0.0321. The van der Waals surface area contributed by atoms with E-state index in [1.54, 1.807) is 0 Å². The standard InChI is InChI=1S/C48H99N2O6P/c1-6-8-10-12-13-14-15-16-17-18-19-20-21-22-23-24-25-26-27-28-29-30-31-32-33-34-35-36-38-39-41-47(51)46(49-48(52)42-40-37-11-9-7-2)45-56-57(53,54)55-44-43-50(3,4)5/h46-47,51H,6-45H2,1-5H3,(H-,49,52,53,54)/p+1. The van der Waals surface area contributed by atoms with Crippen LogP contribution in [0.2, 0.25) is 0 Å². The summed E-state index contributed by atoms with van der Waals surface area (Å²) in [6, 6.07) is -0.751. The van der Waals surface area contributed by atoms with Gasteiger partial charge in [0.15, 0.2) is 0 Å². The molecule has 0 radical (unpaired) electrons. The number of phosphoric acid groups is 1. The summed E-state index contributed by atoms with van der Waals surface area (Å²) in [7, 11) is 1.63. The number of carbonyl (C=O) groups excluding carboxylic acids is 1. The van der Waals surface area contributed by atoms with Gasteiger partial charge >= 0.3 is 7.82 Å². The highest BCUT2D eigenvalue weighted by Crippen LogP contribution is 2.43. The van der Waals surface area contributed by atoms with E-state index in [1.165, 1.54) is 173 Å². The van der Waals surface area contributed by atoms with Gasteiger partial charge in [-0.1, -0.05) is 232 Å². The van der Waals surface area contributed by atoms with Crippen LogP contribution in [0.25, 0.3) is 0 Å². The van der Waals surface area contributed by atoms with E-state index in [2.05, 4.69) is 19.2 Å². The van der Waals surface area contributed by atoms with Gasteiger partial charge in [0.1, 0.15) is 13.2 Å². The minimum Gasteiger partial charge on any atom is -0.391 e. The molecule has 0 aromatic heterocycles. The monoisotopic (exact) mass is 832 g/mol. The number of nitrogens with zero attached hydrogens (tertiary/aromatic N) is 1. The molecule has 0 rings (SSSR count). The summed E-state index contributed by atoms with van der Waals surface area (Å²) in [5, 5.41) is 13.9. The van der Waals surface area contributed by atoms with E-state index in [-0.39, 0.29) is 19.1 Å². The van der Waals surface area contributed by atoms with Gasteiger partial charge in [-0.25, -0.2) is 4.57 Å². The van der Waals surface area contributed by atoms with Crippen molar-refractivity contribution >= 4 is 13.7 Å². The van der Waals surface area contributed by atoms with Crippen molar-refractivity contribution in [2.45, 2.75) is 264 Å². The van der Waals surface area contributed by atoms with E-state index in [0.717, 1.165) is 51.4 Å². The van der Waals surface area contributed by atoms with Gasteiger partial charge in [0, 0.05) is 6.42 Å². The molecule has 0 heterocycles. The Labute approximate surface area is 355 Å². The third-order valence-electron chi connectivity index (χ3n) is 11.6. The number of amides is 1. The molecule has 0 saturated carbocycles. The van der Waals surface area contributed by atoms with Crippen LogP contribution in [-0.2, 0) is 18.4 Å². The van der Waals surface area contributed by atoms with Gasteiger partial charge < -0.3 is 19.8 Å². The van der Waals surface area contributed by atoms with Crippen molar-refractivity contribution in [2.75, 3.05) is 40.9 Å². The van der Waals surface area contributed by atoms with Crippen LogP contribution in [0.5, 0.6) is 0 Å². The molecule has 3 N–H and O–H groups in total. The molecule has 0 aliphatic rings. The smallest absolute Gasteiger partial charge is 0.391 e. The zero-order valence-corrected chi connectivity index (χ0v) is 39.8. The first kappa shape index (κ1) is 56.5. The van der Waals surface area contributed by atoms with E-state index in [9.17, 15) is 19.4 Å². The summed E-state index contributed by atoms with van der Waals surface area (Å²) in [5.41, 5.74) is 0. The number of hydrogen-bond acceptors (Lipinski definition) is 5. The van der Waals surface area contributed by atoms with E-state index < -0.39 is 20.0 Å². The summed E-state index contributed by atoms with van der Waals surface area (Å²) in [5.74, 6) is -0.154. The molecule has 3 atom stereocenters. The number of hydrogen-bond donors (Lipinski definition) is 3.